The molecule has 5 aromatic carbocycles. The van der Waals surface area contributed by atoms with Crippen molar-refractivity contribution in [3.63, 3.8) is 0 Å². The molecule has 1 atom stereocenters. The van der Waals surface area contributed by atoms with E-state index in [1.807, 2.05) is 0 Å². The molecular weight excluding hydrogens is 639 g/mol. The lowest BCUT2D eigenvalue weighted by Crippen LogP contribution is -2.27. The Morgan fingerprint density at radius 1 is 0.509 bits per heavy atom. The zero-order chi connectivity index (χ0) is 36.8. The quantitative estimate of drug-likeness (QED) is 0.0834. The molecule has 1 heterocycles. The van der Waals surface area contributed by atoms with Crippen LogP contribution in [0.1, 0.15) is 124 Å². The normalized spacial score (nSPS) is 13.7. The van der Waals surface area contributed by atoms with Gasteiger partial charge in [0.1, 0.15) is 0 Å². The second kappa shape index (κ2) is 16.5. The van der Waals surface area contributed by atoms with E-state index in [1.165, 1.54) is 120 Å². The summed E-state index contributed by atoms with van der Waals surface area (Å²) in [6.45, 7) is 13.3. The predicted molar refractivity (Wildman–Crippen MR) is 229 cm³/mol. The van der Waals surface area contributed by atoms with Crippen LogP contribution in [0.2, 0.25) is 0 Å². The van der Waals surface area contributed by atoms with Crippen LogP contribution < -0.4 is 0 Å². The number of benzene rings is 5. The van der Waals surface area contributed by atoms with Crippen LogP contribution >= 0.6 is 0 Å². The molecule has 1 heteroatoms. The summed E-state index contributed by atoms with van der Waals surface area (Å²) < 4.78 is 2.53. The molecule has 1 aliphatic carbocycles. The van der Waals surface area contributed by atoms with Gasteiger partial charge in [-0.25, -0.2) is 0 Å². The van der Waals surface area contributed by atoms with Crippen molar-refractivity contribution in [1.82, 2.24) is 4.57 Å². The van der Waals surface area contributed by atoms with E-state index in [2.05, 4.69) is 154 Å². The summed E-state index contributed by atoms with van der Waals surface area (Å²) in [6, 6.07) is 44.3. The van der Waals surface area contributed by atoms with Crippen molar-refractivity contribution in [2.75, 3.05) is 0 Å². The molecule has 1 aromatic heterocycles. The molecule has 0 spiro atoms. The van der Waals surface area contributed by atoms with E-state index in [4.69, 9.17) is 0 Å². The zero-order valence-electron chi connectivity index (χ0n) is 33.4. The molecule has 0 aliphatic heterocycles. The minimum Gasteiger partial charge on any atom is -0.340 e. The topological polar surface area (TPSA) is 4.93 Å². The third kappa shape index (κ3) is 9.35. The highest BCUT2D eigenvalue weighted by molar-refractivity contribution is 6.07. The third-order valence-corrected chi connectivity index (χ3v) is 12.4. The van der Waals surface area contributed by atoms with Crippen molar-refractivity contribution in [3.05, 3.63) is 154 Å². The van der Waals surface area contributed by atoms with E-state index < -0.39 is 0 Å². The zero-order valence-corrected chi connectivity index (χ0v) is 33.4. The van der Waals surface area contributed by atoms with Gasteiger partial charge in [-0.2, -0.15) is 0 Å². The molecule has 7 rings (SSSR count). The number of hydrogen-bond acceptors (Lipinski definition) is 0. The predicted octanol–water partition coefficient (Wildman–Crippen LogP) is 14.1. The van der Waals surface area contributed by atoms with Crippen molar-refractivity contribution in [1.29, 1.82) is 0 Å². The first-order valence-corrected chi connectivity index (χ1v) is 20.9. The number of rotatable bonds is 17. The Morgan fingerprint density at radius 2 is 1.02 bits per heavy atom. The highest BCUT2D eigenvalue weighted by atomic mass is 15.0. The van der Waals surface area contributed by atoms with Gasteiger partial charge >= 0.3 is 0 Å². The molecule has 6 aromatic rings. The lowest BCUT2D eigenvalue weighted by atomic mass is 9.66. The lowest BCUT2D eigenvalue weighted by Gasteiger charge is -2.39. The van der Waals surface area contributed by atoms with Crippen LogP contribution in [0.5, 0.6) is 0 Å². The number of unbranched alkanes of at least 4 members (excludes halogenated alkanes) is 3. The first-order chi connectivity index (χ1) is 25.6. The van der Waals surface area contributed by atoms with Gasteiger partial charge in [0.15, 0.2) is 0 Å². The average molecular weight is 702 g/mol. The number of aromatic nitrogens is 1. The fourth-order valence-corrected chi connectivity index (χ4v) is 8.97. The molecule has 0 saturated heterocycles. The van der Waals surface area contributed by atoms with E-state index in [0.717, 1.165) is 19.4 Å². The van der Waals surface area contributed by atoms with Gasteiger partial charge in [0.05, 0.1) is 0 Å². The lowest BCUT2D eigenvalue weighted by molar-refractivity contribution is 0.197. The molecule has 0 amide bonds. The van der Waals surface area contributed by atoms with Crippen LogP contribution in [0.15, 0.2) is 115 Å². The van der Waals surface area contributed by atoms with Gasteiger partial charge in [-0.05, 0) is 145 Å². The Morgan fingerprint density at radius 3 is 1.58 bits per heavy atom. The summed E-state index contributed by atoms with van der Waals surface area (Å²) in [5.41, 5.74) is 13.9. The van der Waals surface area contributed by atoms with Gasteiger partial charge in [0.25, 0.3) is 0 Å². The molecule has 276 valence electrons. The van der Waals surface area contributed by atoms with E-state index in [1.54, 1.807) is 11.1 Å². The van der Waals surface area contributed by atoms with Crippen molar-refractivity contribution in [2.24, 2.45) is 10.8 Å². The van der Waals surface area contributed by atoms with Crippen LogP contribution in [0.4, 0.5) is 0 Å². The maximum Gasteiger partial charge on any atom is 0.0491 e. The summed E-state index contributed by atoms with van der Waals surface area (Å²) in [5, 5.41) is 2.75. The maximum absolute atomic E-state index is 2.53. The minimum absolute atomic E-state index is 0.209. The maximum atomic E-state index is 2.53. The van der Waals surface area contributed by atoms with Crippen LogP contribution in [0.3, 0.4) is 0 Å². The van der Waals surface area contributed by atoms with Gasteiger partial charge in [-0.3, -0.25) is 0 Å². The van der Waals surface area contributed by atoms with E-state index in [9.17, 15) is 0 Å². The van der Waals surface area contributed by atoms with Crippen LogP contribution in [-0.4, -0.2) is 4.57 Å². The fraction of sp³-hybridized carbons (Fsp3) is 0.423. The summed E-state index contributed by atoms with van der Waals surface area (Å²) in [4.78, 5) is 0. The molecule has 0 fully saturated rings. The van der Waals surface area contributed by atoms with Gasteiger partial charge in [-0.1, -0.05) is 144 Å². The first-order valence-electron chi connectivity index (χ1n) is 20.9. The fourth-order valence-electron chi connectivity index (χ4n) is 8.97. The Hall–Kier alpha value is -4.10. The minimum atomic E-state index is 0.209. The molecule has 0 saturated carbocycles. The Balaban J connectivity index is 0.878. The monoisotopic (exact) mass is 701 g/mol. The van der Waals surface area contributed by atoms with Crippen molar-refractivity contribution in [2.45, 2.75) is 131 Å². The Labute approximate surface area is 320 Å². The van der Waals surface area contributed by atoms with Crippen molar-refractivity contribution < 1.29 is 0 Å². The molecule has 0 radical (unpaired) electrons. The summed E-state index contributed by atoms with van der Waals surface area (Å²) >= 11 is 0. The number of aryl methyl sites for hydroxylation is 7. The molecule has 1 nitrogen and oxygen atoms in total. The van der Waals surface area contributed by atoms with Crippen molar-refractivity contribution in [3.8, 4) is 0 Å². The molecule has 0 bridgehead atoms. The third-order valence-electron chi connectivity index (χ3n) is 12.4. The Kier molecular flexibility index (Phi) is 11.6. The van der Waals surface area contributed by atoms with Crippen molar-refractivity contribution >= 4 is 21.8 Å². The first kappa shape index (κ1) is 37.2. The van der Waals surface area contributed by atoms with Gasteiger partial charge < -0.3 is 4.57 Å². The number of nitrogens with zero attached hydrogens (tertiary/aromatic N) is 1. The Bertz CT molecular complexity index is 2030. The highest BCUT2D eigenvalue weighted by Gasteiger charge is 2.33. The average Bonchev–Trinajstić information content (AvgIpc) is 3.46. The number of hydrogen-bond donors (Lipinski definition) is 0. The van der Waals surface area contributed by atoms with E-state index >= 15 is 0 Å². The van der Waals surface area contributed by atoms with Gasteiger partial charge in [-0.15, -0.1) is 0 Å². The summed E-state index contributed by atoms with van der Waals surface area (Å²) in [7, 11) is 0. The second-order valence-electron chi connectivity index (χ2n) is 18.2. The molecule has 1 aliphatic rings. The SMILES string of the molecule is CC(C)(C)CC(c1ccc(CCCCc2ccc3c(c2)CC3)cc1)C(C)(C)CCc1ccc(CCCCCn2c3ccccc3c3ccccc32)cc1. The largest absolute Gasteiger partial charge is 0.340 e. The summed E-state index contributed by atoms with van der Waals surface area (Å²) in [5.74, 6) is 0.536. The standard InChI is InChI=1S/C52H63N/c1-51(2,3)38-48(44-30-26-40(27-31-44)16-8-9-17-42-28-29-43-32-33-45(43)37-42)52(4,5)35-34-41-24-22-39(23-25-41)15-7-6-14-36-53-49-20-12-10-18-46(49)47-19-11-13-21-50(47)53/h10-13,18-31,37,48H,6-9,14-17,32-36,38H2,1-5H3. The molecular formula is C52H63N. The highest BCUT2D eigenvalue weighted by Crippen LogP contribution is 2.46. The molecule has 1 unspecified atom stereocenters. The summed E-state index contributed by atoms with van der Waals surface area (Å²) in [6.07, 6.45) is 15.9. The van der Waals surface area contributed by atoms with Crippen LogP contribution in [-0.2, 0) is 45.1 Å². The van der Waals surface area contributed by atoms with Gasteiger partial charge in [0.2, 0.25) is 0 Å². The van der Waals surface area contributed by atoms with Gasteiger partial charge in [0, 0.05) is 28.4 Å². The molecule has 53 heavy (non-hydrogen) atoms. The second-order valence-corrected chi connectivity index (χ2v) is 18.2. The van der Waals surface area contributed by atoms with E-state index in [-0.39, 0.29) is 10.8 Å². The van der Waals surface area contributed by atoms with E-state index in [0.29, 0.717) is 5.92 Å². The smallest absolute Gasteiger partial charge is 0.0491 e. The van der Waals surface area contributed by atoms with Crippen LogP contribution in [0, 0.1) is 10.8 Å². The van der Waals surface area contributed by atoms with Crippen LogP contribution in [0.25, 0.3) is 21.8 Å². The number of para-hydroxylation sites is 2. The molecule has 0 N–H and O–H groups in total. The number of fused-ring (bicyclic) bond motifs is 4.